The molecule has 0 aliphatic heterocycles. The maximum absolute atomic E-state index is 4.71. The lowest BCUT2D eigenvalue weighted by Crippen LogP contribution is -2.27. The topological polar surface area (TPSA) is 42.2 Å². The van der Waals surface area contributed by atoms with Gasteiger partial charge in [0.25, 0.3) is 0 Å². The van der Waals surface area contributed by atoms with Gasteiger partial charge in [0.1, 0.15) is 11.5 Å². The van der Waals surface area contributed by atoms with Crippen molar-refractivity contribution >= 4 is 22.1 Å². The zero-order valence-electron chi connectivity index (χ0n) is 11.2. The zero-order valence-corrected chi connectivity index (χ0v) is 12.0. The molecule has 5 heteroatoms. The molecule has 0 amide bonds. The fraction of sp³-hybridized carbons (Fsp3) is 0.286. The summed E-state index contributed by atoms with van der Waals surface area (Å²) in [6.45, 7) is 6.43. The Labute approximate surface area is 116 Å². The minimum atomic E-state index is -0.0190. The van der Waals surface area contributed by atoms with Gasteiger partial charge in [-0.1, -0.05) is 0 Å². The average molecular weight is 272 g/mol. The maximum atomic E-state index is 4.71. The van der Waals surface area contributed by atoms with Crippen molar-refractivity contribution in [2.75, 3.05) is 5.32 Å². The summed E-state index contributed by atoms with van der Waals surface area (Å²) in [5, 5.41) is 5.58. The Bertz CT molecular complexity index is 691. The number of anilines is 1. The van der Waals surface area contributed by atoms with Crippen LogP contribution < -0.4 is 5.32 Å². The van der Waals surface area contributed by atoms with E-state index in [4.69, 9.17) is 4.98 Å². The maximum Gasteiger partial charge on any atom is 0.195 e. The predicted octanol–water partition coefficient (Wildman–Crippen LogP) is 3.67. The lowest BCUT2D eigenvalue weighted by molar-refractivity contribution is 0.630. The summed E-state index contributed by atoms with van der Waals surface area (Å²) in [6, 6.07) is 3.97. The van der Waals surface area contributed by atoms with Crippen LogP contribution in [0, 0.1) is 0 Å². The number of nitrogens with zero attached hydrogens (tertiary/aromatic N) is 3. The summed E-state index contributed by atoms with van der Waals surface area (Å²) in [7, 11) is 0. The van der Waals surface area contributed by atoms with E-state index in [9.17, 15) is 0 Å². The largest absolute Gasteiger partial charge is 0.365 e. The number of hydrogen-bond donors (Lipinski definition) is 1. The Hall–Kier alpha value is -1.88. The lowest BCUT2D eigenvalue weighted by atomic mass is 10.1. The van der Waals surface area contributed by atoms with Crippen LogP contribution in [0.1, 0.15) is 20.8 Å². The number of imidazole rings is 1. The third-order valence-corrected chi connectivity index (χ3v) is 3.45. The quantitative estimate of drug-likeness (QED) is 0.774. The first-order valence-electron chi connectivity index (χ1n) is 6.19. The lowest BCUT2D eigenvalue weighted by Gasteiger charge is -2.22. The second kappa shape index (κ2) is 4.35. The zero-order chi connectivity index (χ0) is 13.5. The molecule has 3 heterocycles. The van der Waals surface area contributed by atoms with Gasteiger partial charge in [-0.2, -0.15) is 0 Å². The smallest absolute Gasteiger partial charge is 0.195 e. The van der Waals surface area contributed by atoms with Gasteiger partial charge in [0, 0.05) is 35.1 Å². The molecule has 0 aliphatic carbocycles. The monoisotopic (exact) mass is 272 g/mol. The van der Waals surface area contributed by atoms with Crippen molar-refractivity contribution < 1.29 is 0 Å². The van der Waals surface area contributed by atoms with Crippen molar-refractivity contribution in [3.8, 4) is 11.3 Å². The van der Waals surface area contributed by atoms with Gasteiger partial charge in [-0.25, -0.2) is 4.98 Å². The van der Waals surface area contributed by atoms with Crippen LogP contribution in [0.25, 0.3) is 16.2 Å². The van der Waals surface area contributed by atoms with E-state index < -0.39 is 0 Å². The molecule has 0 saturated heterocycles. The summed E-state index contributed by atoms with van der Waals surface area (Å²) in [5.41, 5.74) is 1.97. The third-order valence-electron chi connectivity index (χ3n) is 2.69. The van der Waals surface area contributed by atoms with E-state index in [1.165, 1.54) is 0 Å². The molecule has 19 heavy (non-hydrogen) atoms. The second-order valence-electron chi connectivity index (χ2n) is 5.48. The van der Waals surface area contributed by atoms with Crippen LogP contribution in [0.15, 0.2) is 36.1 Å². The Morgan fingerprint density at radius 2 is 2.16 bits per heavy atom. The molecule has 1 N–H and O–H groups in total. The van der Waals surface area contributed by atoms with E-state index in [0.29, 0.717) is 0 Å². The fourth-order valence-corrected chi connectivity index (χ4v) is 2.68. The molecule has 0 fully saturated rings. The van der Waals surface area contributed by atoms with E-state index in [-0.39, 0.29) is 5.54 Å². The molecular weight excluding hydrogens is 256 g/mol. The van der Waals surface area contributed by atoms with Crippen molar-refractivity contribution in [2.24, 2.45) is 0 Å². The highest BCUT2D eigenvalue weighted by atomic mass is 32.1. The van der Waals surface area contributed by atoms with Crippen molar-refractivity contribution in [3.05, 3.63) is 36.1 Å². The van der Waals surface area contributed by atoms with Gasteiger partial charge in [0.2, 0.25) is 0 Å². The Kier molecular flexibility index (Phi) is 2.78. The molecule has 0 aromatic carbocycles. The van der Waals surface area contributed by atoms with Crippen molar-refractivity contribution in [2.45, 2.75) is 26.3 Å². The molecule has 0 spiro atoms. The number of hydrogen-bond acceptors (Lipinski definition) is 4. The molecule has 3 aromatic heterocycles. The highest BCUT2D eigenvalue weighted by Gasteiger charge is 2.19. The first kappa shape index (κ1) is 12.2. The molecule has 3 rings (SSSR count). The van der Waals surface area contributed by atoms with E-state index in [1.54, 1.807) is 17.5 Å². The Balaban J connectivity index is 2.18. The van der Waals surface area contributed by atoms with Gasteiger partial charge in [-0.3, -0.25) is 9.38 Å². The van der Waals surface area contributed by atoms with Crippen LogP contribution >= 0.6 is 11.3 Å². The average Bonchev–Trinajstić information content (AvgIpc) is 2.92. The highest BCUT2D eigenvalue weighted by molar-refractivity contribution is 7.15. The van der Waals surface area contributed by atoms with Gasteiger partial charge in [-0.05, 0) is 32.9 Å². The summed E-state index contributed by atoms with van der Waals surface area (Å²) in [6.07, 6.45) is 5.67. The second-order valence-corrected chi connectivity index (χ2v) is 6.35. The molecule has 0 atom stereocenters. The normalized spacial score (nSPS) is 11.9. The van der Waals surface area contributed by atoms with Crippen LogP contribution in [0.4, 0.5) is 5.82 Å². The van der Waals surface area contributed by atoms with E-state index in [1.807, 2.05) is 29.9 Å². The van der Waals surface area contributed by atoms with Crippen LogP contribution in [0.2, 0.25) is 0 Å². The van der Waals surface area contributed by atoms with Crippen LogP contribution in [0.5, 0.6) is 0 Å². The van der Waals surface area contributed by atoms with Gasteiger partial charge >= 0.3 is 0 Å². The molecule has 0 bridgehead atoms. The number of thiazole rings is 1. The molecule has 0 aliphatic rings. The molecule has 98 valence electrons. The number of pyridine rings is 1. The Morgan fingerprint density at radius 3 is 2.84 bits per heavy atom. The summed E-state index contributed by atoms with van der Waals surface area (Å²) >= 11 is 1.63. The van der Waals surface area contributed by atoms with Gasteiger partial charge in [0.05, 0.1) is 0 Å². The fourth-order valence-electron chi connectivity index (χ4n) is 1.96. The highest BCUT2D eigenvalue weighted by Crippen LogP contribution is 2.31. The van der Waals surface area contributed by atoms with Gasteiger partial charge in [0.15, 0.2) is 4.96 Å². The molecule has 0 radical (unpaired) electrons. The minimum Gasteiger partial charge on any atom is -0.365 e. The van der Waals surface area contributed by atoms with Gasteiger partial charge in [-0.15, -0.1) is 11.3 Å². The number of nitrogens with one attached hydrogen (secondary N) is 1. The van der Waals surface area contributed by atoms with Crippen molar-refractivity contribution in [3.63, 3.8) is 0 Å². The van der Waals surface area contributed by atoms with Crippen molar-refractivity contribution in [1.82, 2.24) is 14.4 Å². The Morgan fingerprint density at radius 1 is 1.32 bits per heavy atom. The van der Waals surface area contributed by atoms with E-state index in [2.05, 4.69) is 35.5 Å². The van der Waals surface area contributed by atoms with Gasteiger partial charge < -0.3 is 5.32 Å². The first-order chi connectivity index (χ1) is 9.04. The summed E-state index contributed by atoms with van der Waals surface area (Å²) in [4.78, 5) is 9.88. The third kappa shape index (κ3) is 2.33. The minimum absolute atomic E-state index is 0.0190. The number of fused-ring (bicyclic) bond motifs is 1. The van der Waals surface area contributed by atoms with Crippen LogP contribution in [-0.2, 0) is 0 Å². The standard InChI is InChI=1S/C14H16N4S/c1-14(2,3)17-12-11(10-5-4-6-15-9-10)16-13-18(12)7-8-19-13/h4-9,17H,1-3H3. The summed E-state index contributed by atoms with van der Waals surface area (Å²) < 4.78 is 2.10. The molecule has 0 saturated carbocycles. The predicted molar refractivity (Wildman–Crippen MR) is 79.7 cm³/mol. The van der Waals surface area contributed by atoms with E-state index in [0.717, 1.165) is 22.0 Å². The summed E-state index contributed by atoms with van der Waals surface area (Å²) in [5.74, 6) is 1.02. The molecule has 0 unspecified atom stereocenters. The number of aromatic nitrogens is 3. The molecular formula is C14H16N4S. The van der Waals surface area contributed by atoms with E-state index >= 15 is 0 Å². The van der Waals surface area contributed by atoms with Crippen LogP contribution in [-0.4, -0.2) is 19.9 Å². The number of rotatable bonds is 2. The first-order valence-corrected chi connectivity index (χ1v) is 7.07. The molecule has 3 aromatic rings. The molecule has 4 nitrogen and oxygen atoms in total. The van der Waals surface area contributed by atoms with Crippen LogP contribution in [0.3, 0.4) is 0 Å². The van der Waals surface area contributed by atoms with Crippen molar-refractivity contribution in [1.29, 1.82) is 0 Å². The SMILES string of the molecule is CC(C)(C)Nc1c(-c2cccnc2)nc2sccn12.